The van der Waals surface area contributed by atoms with Crippen molar-refractivity contribution in [2.75, 3.05) is 0 Å². The molecule has 66 valence electrons. The second kappa shape index (κ2) is 3.65. The van der Waals surface area contributed by atoms with E-state index in [0.29, 0.717) is 5.56 Å². The predicted octanol–water partition coefficient (Wildman–Crippen LogP) is 1.66. The summed E-state index contributed by atoms with van der Waals surface area (Å²) in [7, 11) is 0. The van der Waals surface area contributed by atoms with Crippen LogP contribution in [0.1, 0.15) is 24.1 Å². The molecule has 12 heavy (non-hydrogen) atoms. The van der Waals surface area contributed by atoms with Crippen LogP contribution in [-0.4, -0.2) is 0 Å². The average molecular weight is 168 g/mol. The minimum absolute atomic E-state index is 0.148. The highest BCUT2D eigenvalue weighted by Gasteiger charge is 2.08. The van der Waals surface area contributed by atoms with Crippen molar-refractivity contribution in [2.24, 2.45) is 5.84 Å². The van der Waals surface area contributed by atoms with Gasteiger partial charge in [-0.25, -0.2) is 4.39 Å². The number of hydrogen-bond acceptors (Lipinski definition) is 2. The van der Waals surface area contributed by atoms with Crippen LogP contribution in [0.4, 0.5) is 4.39 Å². The van der Waals surface area contributed by atoms with Crippen molar-refractivity contribution in [1.29, 1.82) is 0 Å². The van der Waals surface area contributed by atoms with Crippen molar-refractivity contribution in [1.82, 2.24) is 5.43 Å². The Bertz CT molecular complexity index is 273. The smallest absolute Gasteiger partial charge is 0.128 e. The van der Waals surface area contributed by atoms with Crippen LogP contribution in [0.2, 0.25) is 0 Å². The summed E-state index contributed by atoms with van der Waals surface area (Å²) in [4.78, 5) is 0. The van der Waals surface area contributed by atoms with Crippen LogP contribution < -0.4 is 11.3 Å². The van der Waals surface area contributed by atoms with Crippen LogP contribution >= 0.6 is 0 Å². The fourth-order valence-electron chi connectivity index (χ4n) is 1.08. The zero-order chi connectivity index (χ0) is 9.14. The first kappa shape index (κ1) is 9.16. The van der Waals surface area contributed by atoms with Gasteiger partial charge in [0.15, 0.2) is 0 Å². The van der Waals surface area contributed by atoms with Gasteiger partial charge >= 0.3 is 0 Å². The van der Waals surface area contributed by atoms with Crippen molar-refractivity contribution >= 4 is 0 Å². The van der Waals surface area contributed by atoms with Crippen molar-refractivity contribution in [2.45, 2.75) is 19.9 Å². The average Bonchev–Trinajstić information content (AvgIpc) is 2.08. The molecule has 0 radical (unpaired) electrons. The zero-order valence-corrected chi connectivity index (χ0v) is 7.26. The van der Waals surface area contributed by atoms with Crippen LogP contribution in [0, 0.1) is 12.7 Å². The lowest BCUT2D eigenvalue weighted by Gasteiger charge is -2.11. The van der Waals surface area contributed by atoms with E-state index in [-0.39, 0.29) is 11.9 Å². The first-order valence-electron chi connectivity index (χ1n) is 3.87. The molecule has 0 saturated heterocycles. The second-order valence-corrected chi connectivity index (χ2v) is 2.91. The molecule has 1 aromatic rings. The van der Waals surface area contributed by atoms with Crippen LogP contribution in [-0.2, 0) is 0 Å². The molecule has 3 heteroatoms. The van der Waals surface area contributed by atoms with E-state index in [9.17, 15) is 4.39 Å². The minimum Gasteiger partial charge on any atom is -0.271 e. The molecule has 0 bridgehead atoms. The Hall–Kier alpha value is -0.930. The van der Waals surface area contributed by atoms with Gasteiger partial charge in [0, 0.05) is 11.6 Å². The normalized spacial score (nSPS) is 13.0. The lowest BCUT2D eigenvalue weighted by atomic mass is 10.1. The Balaban J connectivity index is 3.04. The summed E-state index contributed by atoms with van der Waals surface area (Å²) in [6.07, 6.45) is 0. The van der Waals surface area contributed by atoms with Crippen molar-refractivity contribution < 1.29 is 4.39 Å². The molecule has 0 fully saturated rings. The fourth-order valence-corrected chi connectivity index (χ4v) is 1.08. The molecule has 0 spiro atoms. The first-order valence-corrected chi connectivity index (χ1v) is 3.87. The van der Waals surface area contributed by atoms with Crippen LogP contribution in [0.15, 0.2) is 18.2 Å². The molecule has 0 unspecified atom stereocenters. The molecule has 0 aliphatic heterocycles. The van der Waals surface area contributed by atoms with E-state index in [4.69, 9.17) is 5.84 Å². The van der Waals surface area contributed by atoms with E-state index in [1.54, 1.807) is 12.1 Å². The number of hydrazine groups is 1. The molecule has 2 nitrogen and oxygen atoms in total. The Morgan fingerprint density at radius 1 is 1.50 bits per heavy atom. The molecule has 0 aliphatic rings. The van der Waals surface area contributed by atoms with Gasteiger partial charge in [0.1, 0.15) is 5.82 Å². The number of benzene rings is 1. The highest BCUT2D eigenvalue weighted by molar-refractivity contribution is 5.26. The van der Waals surface area contributed by atoms with Gasteiger partial charge < -0.3 is 0 Å². The number of nitrogens with two attached hydrogens (primary N) is 1. The molecular weight excluding hydrogens is 155 g/mol. The molecule has 3 N–H and O–H groups in total. The Kier molecular flexibility index (Phi) is 2.78. The van der Waals surface area contributed by atoms with Crippen molar-refractivity contribution in [3.8, 4) is 0 Å². The molecular formula is C9H13FN2. The maximum Gasteiger partial charge on any atom is 0.128 e. The van der Waals surface area contributed by atoms with Crippen LogP contribution in [0.3, 0.4) is 0 Å². The van der Waals surface area contributed by atoms with Gasteiger partial charge in [0.25, 0.3) is 0 Å². The third-order valence-corrected chi connectivity index (χ3v) is 1.87. The topological polar surface area (TPSA) is 38.0 Å². The van der Waals surface area contributed by atoms with Gasteiger partial charge in [0.05, 0.1) is 0 Å². The minimum atomic E-state index is -0.217. The van der Waals surface area contributed by atoms with Gasteiger partial charge in [-0.3, -0.25) is 11.3 Å². The maximum atomic E-state index is 13.1. The number of rotatable bonds is 2. The van der Waals surface area contributed by atoms with E-state index in [1.807, 2.05) is 13.8 Å². The quantitative estimate of drug-likeness (QED) is 0.520. The van der Waals surface area contributed by atoms with E-state index in [2.05, 4.69) is 5.43 Å². The number of aryl methyl sites for hydroxylation is 1. The summed E-state index contributed by atoms with van der Waals surface area (Å²) in [5.74, 6) is 4.99. The SMILES string of the molecule is Cc1ccc(F)c([C@H](C)NN)c1. The largest absolute Gasteiger partial charge is 0.271 e. The molecule has 0 amide bonds. The van der Waals surface area contributed by atoms with Gasteiger partial charge in [-0.15, -0.1) is 0 Å². The second-order valence-electron chi connectivity index (χ2n) is 2.91. The van der Waals surface area contributed by atoms with E-state index in [0.717, 1.165) is 5.56 Å². The molecule has 0 aromatic heterocycles. The predicted molar refractivity (Wildman–Crippen MR) is 46.9 cm³/mol. The van der Waals surface area contributed by atoms with Gasteiger partial charge in [-0.05, 0) is 19.9 Å². The summed E-state index contributed by atoms with van der Waals surface area (Å²) in [5.41, 5.74) is 4.15. The fraction of sp³-hybridized carbons (Fsp3) is 0.333. The molecule has 1 rings (SSSR count). The summed E-state index contributed by atoms with van der Waals surface area (Å²) in [6, 6.07) is 4.84. The highest BCUT2D eigenvalue weighted by Crippen LogP contribution is 2.16. The van der Waals surface area contributed by atoms with E-state index < -0.39 is 0 Å². The number of nitrogens with one attached hydrogen (secondary N) is 1. The summed E-state index contributed by atoms with van der Waals surface area (Å²) in [6.45, 7) is 3.74. The Morgan fingerprint density at radius 2 is 2.17 bits per heavy atom. The van der Waals surface area contributed by atoms with Crippen LogP contribution in [0.25, 0.3) is 0 Å². The van der Waals surface area contributed by atoms with E-state index in [1.165, 1.54) is 6.07 Å². The summed E-state index contributed by atoms with van der Waals surface area (Å²) < 4.78 is 13.1. The van der Waals surface area contributed by atoms with Crippen molar-refractivity contribution in [3.05, 3.63) is 35.1 Å². The Morgan fingerprint density at radius 3 is 2.75 bits per heavy atom. The molecule has 1 aromatic carbocycles. The molecule has 1 atom stereocenters. The Labute approximate surface area is 71.6 Å². The lowest BCUT2D eigenvalue weighted by Crippen LogP contribution is -2.26. The van der Waals surface area contributed by atoms with Gasteiger partial charge in [-0.1, -0.05) is 17.7 Å². The monoisotopic (exact) mass is 168 g/mol. The molecule has 0 saturated carbocycles. The van der Waals surface area contributed by atoms with E-state index >= 15 is 0 Å². The summed E-state index contributed by atoms with van der Waals surface area (Å²) in [5, 5.41) is 0. The van der Waals surface area contributed by atoms with Gasteiger partial charge in [0.2, 0.25) is 0 Å². The number of halogens is 1. The third-order valence-electron chi connectivity index (χ3n) is 1.87. The van der Waals surface area contributed by atoms with Gasteiger partial charge in [-0.2, -0.15) is 0 Å². The zero-order valence-electron chi connectivity index (χ0n) is 7.26. The number of hydrogen-bond donors (Lipinski definition) is 2. The maximum absolute atomic E-state index is 13.1. The van der Waals surface area contributed by atoms with Crippen molar-refractivity contribution in [3.63, 3.8) is 0 Å². The summed E-state index contributed by atoms with van der Waals surface area (Å²) >= 11 is 0. The molecule has 0 aliphatic carbocycles. The lowest BCUT2D eigenvalue weighted by molar-refractivity contribution is 0.541. The first-order chi connectivity index (χ1) is 5.65. The van der Waals surface area contributed by atoms with Crippen LogP contribution in [0.5, 0.6) is 0 Å². The standard InChI is InChI=1S/C9H13FN2/c1-6-3-4-9(10)8(5-6)7(2)12-11/h3-5,7,12H,11H2,1-2H3/t7-/m0/s1. The highest BCUT2D eigenvalue weighted by atomic mass is 19.1. The molecule has 0 heterocycles. The third kappa shape index (κ3) is 1.81.